The molecule has 0 spiro atoms. The van der Waals surface area contributed by atoms with Crippen LogP contribution < -0.4 is 0 Å². The number of nitrogens with zero attached hydrogens (tertiary/aromatic N) is 1. The fraction of sp³-hybridized carbons (Fsp3) is 0.385. The van der Waals surface area contributed by atoms with Crippen molar-refractivity contribution in [1.29, 1.82) is 0 Å². The molecule has 1 heterocycles. The second-order valence-corrected chi connectivity index (χ2v) is 4.61. The highest BCUT2D eigenvalue weighted by atomic mass is 19.4. The van der Waals surface area contributed by atoms with E-state index in [4.69, 9.17) is 0 Å². The Labute approximate surface area is 125 Å². The first kappa shape index (κ1) is 17.1. The summed E-state index contributed by atoms with van der Waals surface area (Å²) in [5, 5.41) is 0. The number of ether oxygens (including phenoxy) is 2. The minimum Gasteiger partial charge on any atom is -0.467 e. The van der Waals surface area contributed by atoms with Crippen LogP contribution >= 0.6 is 0 Å². The third-order valence-electron chi connectivity index (χ3n) is 3.32. The number of carbonyl (C=O) groups is 1. The number of hydrogen-bond acceptors (Lipinski definition) is 4. The van der Waals surface area contributed by atoms with Crippen molar-refractivity contribution in [3.05, 3.63) is 35.4 Å². The topological polar surface area (TPSA) is 47.9 Å². The molecule has 10 heteroatoms. The highest BCUT2D eigenvalue weighted by Gasteiger charge is 2.67. The minimum absolute atomic E-state index is 0.437. The Morgan fingerprint density at radius 2 is 1.74 bits per heavy atom. The molecule has 0 N–H and O–H groups in total. The fourth-order valence-corrected chi connectivity index (χ4v) is 2.20. The van der Waals surface area contributed by atoms with E-state index in [2.05, 4.69) is 14.5 Å². The molecule has 4 nitrogen and oxygen atoms in total. The molecule has 1 aromatic carbocycles. The summed E-state index contributed by atoms with van der Waals surface area (Å²) >= 11 is 0. The summed E-state index contributed by atoms with van der Waals surface area (Å²) in [7, 11) is 0.865. The van der Waals surface area contributed by atoms with Gasteiger partial charge in [-0.15, -0.1) is 0 Å². The number of alkyl halides is 6. The molecule has 0 aromatic heterocycles. The third kappa shape index (κ3) is 2.73. The van der Waals surface area contributed by atoms with Crippen LogP contribution in [0.4, 0.5) is 26.3 Å². The molecule has 0 saturated carbocycles. The van der Waals surface area contributed by atoms with Crippen molar-refractivity contribution in [2.75, 3.05) is 7.11 Å². The van der Waals surface area contributed by atoms with Gasteiger partial charge in [0.1, 0.15) is 0 Å². The average molecular weight is 341 g/mol. The summed E-state index contributed by atoms with van der Waals surface area (Å²) in [4.78, 5) is 14.9. The number of rotatable bonds is 2. The van der Waals surface area contributed by atoms with Gasteiger partial charge in [-0.1, -0.05) is 12.1 Å². The molecule has 2 rings (SSSR count). The summed E-state index contributed by atoms with van der Waals surface area (Å²) < 4.78 is 87.1. The van der Waals surface area contributed by atoms with Crippen molar-refractivity contribution >= 4 is 12.4 Å². The second-order valence-electron chi connectivity index (χ2n) is 4.61. The predicted octanol–water partition coefficient (Wildman–Crippen LogP) is 3.06. The zero-order valence-corrected chi connectivity index (χ0v) is 11.4. The maximum Gasteiger partial charge on any atom is 0.435 e. The zero-order valence-electron chi connectivity index (χ0n) is 11.4. The van der Waals surface area contributed by atoms with E-state index in [1.165, 1.54) is 0 Å². The van der Waals surface area contributed by atoms with Gasteiger partial charge in [0.15, 0.2) is 6.40 Å². The Balaban J connectivity index is 2.55. The Kier molecular flexibility index (Phi) is 4.03. The lowest BCUT2D eigenvalue weighted by atomic mass is 9.85. The molecule has 0 aliphatic carbocycles. The molecule has 0 unspecified atom stereocenters. The van der Waals surface area contributed by atoms with E-state index >= 15 is 0 Å². The van der Waals surface area contributed by atoms with Gasteiger partial charge in [0.25, 0.3) is 5.60 Å². The summed E-state index contributed by atoms with van der Waals surface area (Å²) in [6.45, 7) is 0. The number of carbonyl (C=O) groups excluding carboxylic acids is 1. The quantitative estimate of drug-likeness (QED) is 0.614. The maximum atomic E-state index is 13.5. The molecule has 23 heavy (non-hydrogen) atoms. The van der Waals surface area contributed by atoms with Crippen LogP contribution in [0.15, 0.2) is 29.3 Å². The van der Waals surface area contributed by atoms with Gasteiger partial charge in [-0.2, -0.15) is 26.3 Å². The normalized spacial score (nSPS) is 24.4. The lowest BCUT2D eigenvalue weighted by Crippen LogP contribution is -2.53. The van der Waals surface area contributed by atoms with Crippen molar-refractivity contribution < 1.29 is 40.6 Å². The summed E-state index contributed by atoms with van der Waals surface area (Å²) in [5.74, 6) is -1.32. The van der Waals surface area contributed by atoms with Gasteiger partial charge < -0.3 is 9.47 Å². The Hall–Kier alpha value is -2.26. The number of hydrogen-bond donors (Lipinski definition) is 0. The van der Waals surface area contributed by atoms with Gasteiger partial charge in [0, 0.05) is 5.56 Å². The number of methoxy groups -OCH3 is 1. The Morgan fingerprint density at radius 3 is 2.17 bits per heavy atom. The SMILES string of the molecule is COC(=O)[C@H]1N=CO[C@]1(c1ccc(C(F)(F)F)cc1)C(F)(F)F. The van der Waals surface area contributed by atoms with Crippen LogP contribution in [-0.4, -0.2) is 31.7 Å². The van der Waals surface area contributed by atoms with Gasteiger partial charge in [-0.25, -0.2) is 9.79 Å². The zero-order chi connectivity index (χ0) is 17.5. The van der Waals surface area contributed by atoms with Crippen molar-refractivity contribution in [3.63, 3.8) is 0 Å². The Morgan fingerprint density at radius 1 is 1.17 bits per heavy atom. The summed E-state index contributed by atoms with van der Waals surface area (Å²) in [6, 6.07) is 0.0313. The smallest absolute Gasteiger partial charge is 0.435 e. The molecule has 1 aliphatic rings. The van der Waals surface area contributed by atoms with Crippen LogP contribution in [0, 0.1) is 0 Å². The predicted molar refractivity (Wildman–Crippen MR) is 64.6 cm³/mol. The maximum absolute atomic E-state index is 13.5. The fourth-order valence-electron chi connectivity index (χ4n) is 2.20. The van der Waals surface area contributed by atoms with Gasteiger partial charge in [0.05, 0.1) is 12.7 Å². The summed E-state index contributed by atoms with van der Waals surface area (Å²) in [5.41, 5.74) is -5.05. The van der Waals surface area contributed by atoms with Gasteiger partial charge in [-0.05, 0) is 12.1 Å². The average Bonchev–Trinajstić information content (AvgIpc) is 2.91. The molecule has 1 aromatic rings. The van der Waals surface area contributed by atoms with Crippen LogP contribution in [0.5, 0.6) is 0 Å². The lowest BCUT2D eigenvalue weighted by Gasteiger charge is -2.33. The highest BCUT2D eigenvalue weighted by Crippen LogP contribution is 2.48. The van der Waals surface area contributed by atoms with E-state index in [9.17, 15) is 31.1 Å². The number of benzene rings is 1. The lowest BCUT2D eigenvalue weighted by molar-refractivity contribution is -0.259. The summed E-state index contributed by atoms with van der Waals surface area (Å²) in [6.07, 6.45) is -9.40. The van der Waals surface area contributed by atoms with Crippen molar-refractivity contribution in [3.8, 4) is 0 Å². The Bertz CT molecular complexity index is 622. The van der Waals surface area contributed by atoms with Gasteiger partial charge >= 0.3 is 18.3 Å². The molecule has 0 bridgehead atoms. The number of aliphatic imine (C=N–C) groups is 1. The van der Waals surface area contributed by atoms with Crippen LogP contribution in [0.3, 0.4) is 0 Å². The van der Waals surface area contributed by atoms with Crippen LogP contribution in [0.1, 0.15) is 11.1 Å². The monoisotopic (exact) mass is 341 g/mol. The first-order chi connectivity index (χ1) is 10.5. The molecule has 2 atom stereocenters. The van der Waals surface area contributed by atoms with Crippen molar-refractivity contribution in [2.45, 2.75) is 24.0 Å². The van der Waals surface area contributed by atoms with E-state index in [0.717, 1.165) is 7.11 Å². The number of halogens is 6. The molecule has 0 saturated heterocycles. The first-order valence-corrected chi connectivity index (χ1v) is 6.06. The third-order valence-corrected chi connectivity index (χ3v) is 3.32. The number of esters is 1. The van der Waals surface area contributed by atoms with E-state index in [0.29, 0.717) is 30.7 Å². The van der Waals surface area contributed by atoms with Crippen LogP contribution in [0.2, 0.25) is 0 Å². The van der Waals surface area contributed by atoms with Gasteiger partial charge in [0.2, 0.25) is 6.04 Å². The standard InChI is InChI=1S/C13H9F6NO3/c1-22-10(21)9-11(13(17,18)19,23-6-20-9)7-2-4-8(5-3-7)12(14,15)16/h2-6,9H,1H3/t9-,11+/m1/s1. The molecule has 0 fully saturated rings. The van der Waals surface area contributed by atoms with Crippen molar-refractivity contribution in [1.82, 2.24) is 0 Å². The van der Waals surface area contributed by atoms with E-state index < -0.39 is 41.1 Å². The van der Waals surface area contributed by atoms with Gasteiger partial charge in [-0.3, -0.25) is 0 Å². The van der Waals surface area contributed by atoms with E-state index in [1.807, 2.05) is 0 Å². The highest BCUT2D eigenvalue weighted by molar-refractivity contribution is 5.81. The largest absolute Gasteiger partial charge is 0.467 e. The van der Waals surface area contributed by atoms with E-state index in [1.54, 1.807) is 0 Å². The molecule has 0 amide bonds. The molecular formula is C13H9F6NO3. The second kappa shape index (κ2) is 5.43. The van der Waals surface area contributed by atoms with Crippen LogP contribution in [0.25, 0.3) is 0 Å². The molecule has 126 valence electrons. The molecule has 1 aliphatic heterocycles. The van der Waals surface area contributed by atoms with E-state index in [-0.39, 0.29) is 0 Å². The first-order valence-electron chi connectivity index (χ1n) is 6.06. The minimum atomic E-state index is -5.12. The van der Waals surface area contributed by atoms with Crippen LogP contribution in [-0.2, 0) is 26.0 Å². The molecular weight excluding hydrogens is 332 g/mol. The van der Waals surface area contributed by atoms with Crippen molar-refractivity contribution in [2.24, 2.45) is 4.99 Å². The molecule has 0 radical (unpaired) electrons.